The molecule has 0 atom stereocenters. The maximum absolute atomic E-state index is 5.92. The highest BCUT2D eigenvalue weighted by molar-refractivity contribution is 5.13. The Labute approximate surface area is 90.7 Å². The lowest BCUT2D eigenvalue weighted by Gasteiger charge is -2.25. The number of hydrogen-bond acceptors (Lipinski definition) is 2. The molecule has 3 nitrogen and oxygen atoms in total. The van der Waals surface area contributed by atoms with E-state index in [9.17, 15) is 0 Å². The number of hydrogen-bond donors (Lipinski definition) is 1. The van der Waals surface area contributed by atoms with Crippen LogP contribution in [0.1, 0.15) is 56.0 Å². The van der Waals surface area contributed by atoms with Crippen LogP contribution in [0, 0.1) is 0 Å². The third kappa shape index (κ3) is 1.93. The van der Waals surface area contributed by atoms with Gasteiger partial charge in [0.25, 0.3) is 0 Å². The average molecular weight is 205 g/mol. The van der Waals surface area contributed by atoms with Gasteiger partial charge in [-0.1, -0.05) is 0 Å². The SMILES string of the molecule is NC1CCC(c2cnn(C3CC3)c2)CC1. The van der Waals surface area contributed by atoms with Crippen molar-refractivity contribution >= 4 is 0 Å². The fourth-order valence-corrected chi connectivity index (χ4v) is 2.55. The second-order valence-electron chi connectivity index (χ2n) is 5.10. The highest BCUT2D eigenvalue weighted by Crippen LogP contribution is 2.37. The highest BCUT2D eigenvalue weighted by atomic mass is 15.3. The van der Waals surface area contributed by atoms with Gasteiger partial charge >= 0.3 is 0 Å². The van der Waals surface area contributed by atoms with Gasteiger partial charge in [0, 0.05) is 12.2 Å². The van der Waals surface area contributed by atoms with Crippen molar-refractivity contribution in [1.29, 1.82) is 0 Å². The summed E-state index contributed by atoms with van der Waals surface area (Å²) in [6.07, 6.45) is 11.8. The van der Waals surface area contributed by atoms with Crippen molar-refractivity contribution in [3.8, 4) is 0 Å². The van der Waals surface area contributed by atoms with E-state index in [0.29, 0.717) is 12.1 Å². The normalized spacial score (nSPS) is 31.8. The first-order valence-electron chi connectivity index (χ1n) is 6.12. The Kier molecular flexibility index (Phi) is 2.28. The molecule has 0 aliphatic heterocycles. The van der Waals surface area contributed by atoms with Gasteiger partial charge in [0.05, 0.1) is 12.2 Å². The Balaban J connectivity index is 1.69. The van der Waals surface area contributed by atoms with Crippen LogP contribution >= 0.6 is 0 Å². The molecule has 2 aliphatic carbocycles. The van der Waals surface area contributed by atoms with Crippen LogP contribution in [0.15, 0.2) is 12.4 Å². The lowest BCUT2D eigenvalue weighted by Crippen LogP contribution is -2.25. The van der Waals surface area contributed by atoms with Gasteiger partial charge in [-0.05, 0) is 50.0 Å². The van der Waals surface area contributed by atoms with Crippen LogP contribution in [-0.4, -0.2) is 15.8 Å². The number of nitrogens with zero attached hydrogens (tertiary/aromatic N) is 2. The Bertz CT molecular complexity index is 332. The molecule has 0 spiro atoms. The van der Waals surface area contributed by atoms with E-state index in [1.165, 1.54) is 44.1 Å². The summed E-state index contributed by atoms with van der Waals surface area (Å²) in [5, 5.41) is 4.46. The molecule has 2 saturated carbocycles. The Hall–Kier alpha value is -0.830. The van der Waals surface area contributed by atoms with Crippen molar-refractivity contribution in [1.82, 2.24) is 9.78 Å². The van der Waals surface area contributed by atoms with Crippen LogP contribution in [0.3, 0.4) is 0 Å². The van der Waals surface area contributed by atoms with Gasteiger partial charge in [0.15, 0.2) is 0 Å². The standard InChI is InChI=1S/C12H19N3/c13-11-3-1-9(2-4-11)10-7-14-15(8-10)12-5-6-12/h7-9,11-12H,1-6,13H2. The van der Waals surface area contributed by atoms with Gasteiger partial charge in [0.1, 0.15) is 0 Å². The largest absolute Gasteiger partial charge is 0.328 e. The molecule has 15 heavy (non-hydrogen) atoms. The molecule has 0 aromatic carbocycles. The minimum absolute atomic E-state index is 0.444. The smallest absolute Gasteiger partial charge is 0.0524 e. The van der Waals surface area contributed by atoms with Crippen molar-refractivity contribution in [2.45, 2.75) is 56.5 Å². The molecule has 2 N–H and O–H groups in total. The monoisotopic (exact) mass is 205 g/mol. The third-order valence-corrected chi connectivity index (χ3v) is 3.79. The van der Waals surface area contributed by atoms with Crippen molar-refractivity contribution in [2.75, 3.05) is 0 Å². The lowest BCUT2D eigenvalue weighted by molar-refractivity contribution is 0.395. The quantitative estimate of drug-likeness (QED) is 0.804. The summed E-state index contributed by atoms with van der Waals surface area (Å²) in [5.41, 5.74) is 7.36. The molecule has 0 radical (unpaired) electrons. The topological polar surface area (TPSA) is 43.8 Å². The first-order valence-corrected chi connectivity index (χ1v) is 6.12. The molecule has 1 heterocycles. The Morgan fingerprint density at radius 1 is 1.13 bits per heavy atom. The zero-order chi connectivity index (χ0) is 10.3. The summed E-state index contributed by atoms with van der Waals surface area (Å²) in [6.45, 7) is 0. The zero-order valence-corrected chi connectivity index (χ0v) is 9.10. The molecular weight excluding hydrogens is 186 g/mol. The van der Waals surface area contributed by atoms with Gasteiger partial charge in [-0.15, -0.1) is 0 Å². The van der Waals surface area contributed by atoms with E-state index in [0.717, 1.165) is 5.92 Å². The van der Waals surface area contributed by atoms with Gasteiger partial charge in [0.2, 0.25) is 0 Å². The molecule has 1 aromatic rings. The van der Waals surface area contributed by atoms with E-state index in [2.05, 4.69) is 22.2 Å². The molecule has 2 aliphatic rings. The van der Waals surface area contributed by atoms with Crippen LogP contribution in [0.25, 0.3) is 0 Å². The van der Waals surface area contributed by atoms with Crippen LogP contribution in [-0.2, 0) is 0 Å². The molecule has 3 heteroatoms. The highest BCUT2D eigenvalue weighted by Gasteiger charge is 2.26. The maximum Gasteiger partial charge on any atom is 0.0524 e. The maximum atomic E-state index is 5.92. The number of nitrogens with two attached hydrogens (primary N) is 1. The van der Waals surface area contributed by atoms with E-state index in [4.69, 9.17) is 5.73 Å². The molecule has 1 aromatic heterocycles. The minimum atomic E-state index is 0.444. The Morgan fingerprint density at radius 3 is 2.53 bits per heavy atom. The predicted molar refractivity (Wildman–Crippen MR) is 59.7 cm³/mol. The van der Waals surface area contributed by atoms with Crippen LogP contribution < -0.4 is 5.73 Å². The molecule has 0 unspecified atom stereocenters. The number of aromatic nitrogens is 2. The van der Waals surface area contributed by atoms with Gasteiger partial charge < -0.3 is 5.73 Å². The van der Waals surface area contributed by atoms with Crippen molar-refractivity contribution in [3.63, 3.8) is 0 Å². The molecule has 0 amide bonds. The second kappa shape index (κ2) is 3.63. The van der Waals surface area contributed by atoms with E-state index in [-0.39, 0.29) is 0 Å². The van der Waals surface area contributed by atoms with Crippen LogP contribution in [0.2, 0.25) is 0 Å². The van der Waals surface area contributed by atoms with Gasteiger partial charge in [-0.25, -0.2) is 0 Å². The first-order chi connectivity index (χ1) is 7.33. The summed E-state index contributed by atoms with van der Waals surface area (Å²) < 4.78 is 2.16. The van der Waals surface area contributed by atoms with Gasteiger partial charge in [-0.2, -0.15) is 5.10 Å². The molecule has 3 rings (SSSR count). The fraction of sp³-hybridized carbons (Fsp3) is 0.750. The molecule has 82 valence electrons. The lowest BCUT2D eigenvalue weighted by atomic mass is 9.83. The van der Waals surface area contributed by atoms with E-state index >= 15 is 0 Å². The fourth-order valence-electron chi connectivity index (χ4n) is 2.55. The van der Waals surface area contributed by atoms with E-state index < -0.39 is 0 Å². The summed E-state index contributed by atoms with van der Waals surface area (Å²) in [5.74, 6) is 0.720. The van der Waals surface area contributed by atoms with Crippen LogP contribution in [0.5, 0.6) is 0 Å². The molecule has 2 fully saturated rings. The van der Waals surface area contributed by atoms with Crippen LogP contribution in [0.4, 0.5) is 0 Å². The third-order valence-electron chi connectivity index (χ3n) is 3.79. The summed E-state index contributed by atoms with van der Waals surface area (Å²) in [7, 11) is 0. The van der Waals surface area contributed by atoms with Gasteiger partial charge in [-0.3, -0.25) is 4.68 Å². The average Bonchev–Trinajstić information content (AvgIpc) is 2.99. The van der Waals surface area contributed by atoms with Crippen molar-refractivity contribution in [3.05, 3.63) is 18.0 Å². The predicted octanol–water partition coefficient (Wildman–Crippen LogP) is 2.20. The summed E-state index contributed by atoms with van der Waals surface area (Å²) in [6, 6.07) is 1.16. The van der Waals surface area contributed by atoms with Crippen molar-refractivity contribution < 1.29 is 0 Å². The molecular formula is C12H19N3. The van der Waals surface area contributed by atoms with Crippen molar-refractivity contribution in [2.24, 2.45) is 5.73 Å². The molecule has 0 bridgehead atoms. The Morgan fingerprint density at radius 2 is 1.87 bits per heavy atom. The van der Waals surface area contributed by atoms with E-state index in [1.54, 1.807) is 0 Å². The summed E-state index contributed by atoms with van der Waals surface area (Å²) in [4.78, 5) is 0. The van der Waals surface area contributed by atoms with E-state index in [1.807, 2.05) is 0 Å². The zero-order valence-electron chi connectivity index (χ0n) is 9.10. The first kappa shape index (κ1) is 9.40. The number of rotatable bonds is 2. The second-order valence-corrected chi connectivity index (χ2v) is 5.10. The summed E-state index contributed by atoms with van der Waals surface area (Å²) >= 11 is 0. The minimum Gasteiger partial charge on any atom is -0.328 e. The molecule has 0 saturated heterocycles.